The molecule has 0 amide bonds. The lowest BCUT2D eigenvalue weighted by Gasteiger charge is -2.20. The van der Waals surface area contributed by atoms with Crippen molar-refractivity contribution in [3.05, 3.63) is 46.0 Å². The van der Waals surface area contributed by atoms with Gasteiger partial charge in [0.2, 0.25) is 0 Å². The fraction of sp³-hybridized carbons (Fsp3) is 0.368. The highest BCUT2D eigenvalue weighted by Crippen LogP contribution is 2.36. The molecule has 24 heavy (non-hydrogen) atoms. The fourth-order valence-corrected chi connectivity index (χ4v) is 4.65. The number of nitrogens with zero attached hydrogens (tertiary/aromatic N) is 1. The fourth-order valence-electron chi connectivity index (χ4n) is 3.73. The predicted molar refractivity (Wildman–Crippen MR) is 95.8 cm³/mol. The SMILES string of the molecule is O=C(O)c1c(O)c(CC2C=CSC2)nc2c3c(ccc12)CCCC3. The molecule has 2 aromatic rings. The Balaban J connectivity index is 1.93. The first kappa shape index (κ1) is 15.5. The summed E-state index contributed by atoms with van der Waals surface area (Å²) in [5.41, 5.74) is 3.71. The molecule has 0 fully saturated rings. The molecule has 4 rings (SSSR count). The Hall–Kier alpha value is -2.01. The molecule has 0 saturated carbocycles. The number of aromatic hydroxyl groups is 1. The van der Waals surface area contributed by atoms with Crippen LogP contribution in [0.4, 0.5) is 0 Å². The van der Waals surface area contributed by atoms with E-state index in [4.69, 9.17) is 4.98 Å². The molecule has 1 aliphatic carbocycles. The summed E-state index contributed by atoms with van der Waals surface area (Å²) in [7, 11) is 0. The van der Waals surface area contributed by atoms with Crippen LogP contribution in [-0.4, -0.2) is 26.9 Å². The Bertz CT molecular complexity index is 860. The molecule has 1 atom stereocenters. The molecule has 0 bridgehead atoms. The lowest BCUT2D eigenvalue weighted by molar-refractivity contribution is 0.0695. The topological polar surface area (TPSA) is 70.4 Å². The first-order valence-corrected chi connectivity index (χ1v) is 9.38. The van der Waals surface area contributed by atoms with E-state index in [-0.39, 0.29) is 11.3 Å². The van der Waals surface area contributed by atoms with Crippen molar-refractivity contribution in [3.63, 3.8) is 0 Å². The summed E-state index contributed by atoms with van der Waals surface area (Å²) in [6.07, 6.45) is 6.91. The van der Waals surface area contributed by atoms with Crippen LogP contribution < -0.4 is 0 Å². The molecule has 0 radical (unpaired) electrons. The number of carboxylic acid groups (broad SMARTS) is 1. The third kappa shape index (κ3) is 2.57. The number of allylic oxidation sites excluding steroid dienone is 1. The van der Waals surface area contributed by atoms with Crippen molar-refractivity contribution in [1.82, 2.24) is 4.98 Å². The highest BCUT2D eigenvalue weighted by molar-refractivity contribution is 8.02. The summed E-state index contributed by atoms with van der Waals surface area (Å²) >= 11 is 1.74. The van der Waals surface area contributed by atoms with E-state index in [0.29, 0.717) is 23.4 Å². The van der Waals surface area contributed by atoms with Crippen molar-refractivity contribution >= 4 is 28.6 Å². The second-order valence-corrected chi connectivity index (χ2v) is 7.46. The van der Waals surface area contributed by atoms with Crippen molar-refractivity contribution in [3.8, 4) is 5.75 Å². The van der Waals surface area contributed by atoms with E-state index in [1.54, 1.807) is 11.8 Å². The number of benzene rings is 1. The molecule has 2 heterocycles. The molecular weight excluding hydrogens is 322 g/mol. The molecule has 2 N–H and O–H groups in total. The van der Waals surface area contributed by atoms with E-state index >= 15 is 0 Å². The number of fused-ring (bicyclic) bond motifs is 3. The molecule has 4 nitrogen and oxygen atoms in total. The number of aromatic carboxylic acids is 1. The highest BCUT2D eigenvalue weighted by atomic mass is 32.2. The molecule has 1 unspecified atom stereocenters. The van der Waals surface area contributed by atoms with E-state index in [0.717, 1.165) is 30.5 Å². The standard InChI is InChI=1S/C19H19NO3S/c21-18-15(9-11-7-8-24-10-11)20-17-13-4-2-1-3-12(13)5-6-14(17)16(18)19(22)23/h5-8,11,21H,1-4,9-10H2,(H,22,23). The van der Waals surface area contributed by atoms with Crippen molar-refractivity contribution < 1.29 is 15.0 Å². The van der Waals surface area contributed by atoms with Crippen LogP contribution in [0.2, 0.25) is 0 Å². The first-order chi connectivity index (χ1) is 11.6. The van der Waals surface area contributed by atoms with Gasteiger partial charge in [-0.1, -0.05) is 18.2 Å². The second-order valence-electron chi connectivity index (χ2n) is 6.52. The van der Waals surface area contributed by atoms with Crippen molar-refractivity contribution in [2.45, 2.75) is 32.1 Å². The van der Waals surface area contributed by atoms with Gasteiger partial charge in [0, 0.05) is 17.6 Å². The zero-order valence-electron chi connectivity index (χ0n) is 13.3. The number of hydrogen-bond acceptors (Lipinski definition) is 4. The van der Waals surface area contributed by atoms with Crippen LogP contribution in [-0.2, 0) is 19.3 Å². The average molecular weight is 341 g/mol. The molecule has 2 aliphatic rings. The van der Waals surface area contributed by atoms with Gasteiger partial charge < -0.3 is 10.2 Å². The normalized spacial score (nSPS) is 19.6. The second kappa shape index (κ2) is 6.13. The van der Waals surface area contributed by atoms with E-state index in [9.17, 15) is 15.0 Å². The maximum atomic E-state index is 11.8. The van der Waals surface area contributed by atoms with Crippen molar-refractivity contribution in [2.75, 3.05) is 5.75 Å². The van der Waals surface area contributed by atoms with Crippen LogP contribution in [0.1, 0.15) is 40.0 Å². The lowest BCUT2D eigenvalue weighted by atomic mass is 9.88. The van der Waals surface area contributed by atoms with Gasteiger partial charge in [-0.15, -0.1) is 11.8 Å². The van der Waals surface area contributed by atoms with Gasteiger partial charge in [0.15, 0.2) is 5.75 Å². The molecule has 0 saturated heterocycles. The zero-order valence-corrected chi connectivity index (χ0v) is 14.1. The number of thioether (sulfide) groups is 1. The highest BCUT2D eigenvalue weighted by Gasteiger charge is 2.25. The number of carbonyl (C=O) groups is 1. The van der Waals surface area contributed by atoms with Crippen LogP contribution in [0.25, 0.3) is 10.9 Å². The minimum Gasteiger partial charge on any atom is -0.505 e. The van der Waals surface area contributed by atoms with E-state index < -0.39 is 5.97 Å². The third-order valence-corrected chi connectivity index (χ3v) is 5.93. The summed E-state index contributed by atoms with van der Waals surface area (Å²) < 4.78 is 0. The summed E-state index contributed by atoms with van der Waals surface area (Å²) in [5.74, 6) is -0.00888. The number of aryl methyl sites for hydroxylation is 2. The van der Waals surface area contributed by atoms with Gasteiger partial charge in [-0.3, -0.25) is 0 Å². The van der Waals surface area contributed by atoms with Gasteiger partial charge in [0.05, 0.1) is 11.2 Å². The van der Waals surface area contributed by atoms with Gasteiger partial charge in [-0.2, -0.15) is 0 Å². The summed E-state index contributed by atoms with van der Waals surface area (Å²) in [6, 6.07) is 3.81. The molecule has 1 aromatic carbocycles. The molecular formula is C19H19NO3S. The van der Waals surface area contributed by atoms with Crippen molar-refractivity contribution in [1.29, 1.82) is 0 Å². The van der Waals surface area contributed by atoms with Gasteiger partial charge >= 0.3 is 5.97 Å². The number of pyridine rings is 1. The van der Waals surface area contributed by atoms with Gasteiger partial charge in [-0.25, -0.2) is 9.78 Å². The first-order valence-electron chi connectivity index (χ1n) is 8.33. The molecule has 124 valence electrons. The van der Waals surface area contributed by atoms with Crippen LogP contribution in [0.5, 0.6) is 5.75 Å². The Labute approximate surface area is 144 Å². The molecule has 1 aromatic heterocycles. The quantitative estimate of drug-likeness (QED) is 0.885. The van der Waals surface area contributed by atoms with E-state index in [1.807, 2.05) is 12.1 Å². The van der Waals surface area contributed by atoms with E-state index in [1.165, 1.54) is 17.5 Å². The lowest BCUT2D eigenvalue weighted by Crippen LogP contribution is -2.11. The minimum atomic E-state index is -1.09. The summed E-state index contributed by atoms with van der Waals surface area (Å²) in [5, 5.41) is 22.8. The molecule has 0 spiro atoms. The monoisotopic (exact) mass is 341 g/mol. The molecule has 5 heteroatoms. The number of rotatable bonds is 3. The third-order valence-electron chi connectivity index (χ3n) is 4.96. The number of hydrogen-bond donors (Lipinski definition) is 2. The van der Waals surface area contributed by atoms with Gasteiger partial charge in [0.1, 0.15) is 5.56 Å². The minimum absolute atomic E-state index is 0.00185. The Morgan fingerprint density at radius 2 is 2.12 bits per heavy atom. The number of aromatic nitrogens is 1. The summed E-state index contributed by atoms with van der Waals surface area (Å²) in [6.45, 7) is 0. The predicted octanol–water partition coefficient (Wildman–Crippen LogP) is 3.94. The largest absolute Gasteiger partial charge is 0.505 e. The van der Waals surface area contributed by atoms with Crippen LogP contribution in [0, 0.1) is 5.92 Å². The van der Waals surface area contributed by atoms with Crippen molar-refractivity contribution in [2.24, 2.45) is 5.92 Å². The Morgan fingerprint density at radius 1 is 1.29 bits per heavy atom. The van der Waals surface area contributed by atoms with Crippen LogP contribution >= 0.6 is 11.8 Å². The smallest absolute Gasteiger partial charge is 0.340 e. The molecule has 1 aliphatic heterocycles. The van der Waals surface area contributed by atoms with Gasteiger partial charge in [0.25, 0.3) is 0 Å². The maximum Gasteiger partial charge on any atom is 0.340 e. The summed E-state index contributed by atoms with van der Waals surface area (Å²) in [4.78, 5) is 16.5. The Morgan fingerprint density at radius 3 is 2.88 bits per heavy atom. The van der Waals surface area contributed by atoms with Crippen LogP contribution in [0.3, 0.4) is 0 Å². The maximum absolute atomic E-state index is 11.8. The van der Waals surface area contributed by atoms with Crippen LogP contribution in [0.15, 0.2) is 23.6 Å². The zero-order chi connectivity index (χ0) is 16.7. The van der Waals surface area contributed by atoms with E-state index in [2.05, 4.69) is 11.5 Å². The Kier molecular flexibility index (Phi) is 3.96. The van der Waals surface area contributed by atoms with Gasteiger partial charge in [-0.05, 0) is 48.1 Å². The number of carboxylic acids is 1. The average Bonchev–Trinajstić information content (AvgIpc) is 3.08.